The summed E-state index contributed by atoms with van der Waals surface area (Å²) in [7, 11) is 2.11. The molecule has 0 bridgehead atoms. The molecule has 1 saturated carbocycles. The van der Waals surface area contributed by atoms with Crippen LogP contribution in [0.5, 0.6) is 0 Å². The molecular weight excluding hydrogens is 246 g/mol. The number of nitrogens with zero attached hydrogens (tertiary/aromatic N) is 2. The summed E-state index contributed by atoms with van der Waals surface area (Å²) >= 11 is 0. The molecule has 1 atom stereocenters. The lowest BCUT2D eigenvalue weighted by atomic mass is 10.1. The van der Waals surface area contributed by atoms with Crippen LogP contribution in [0.1, 0.15) is 44.5 Å². The third-order valence-corrected chi connectivity index (χ3v) is 4.32. The van der Waals surface area contributed by atoms with Crippen LogP contribution in [0.2, 0.25) is 0 Å². The Morgan fingerprint density at radius 3 is 2.60 bits per heavy atom. The van der Waals surface area contributed by atoms with Gasteiger partial charge in [0, 0.05) is 13.1 Å². The van der Waals surface area contributed by atoms with E-state index in [2.05, 4.69) is 53.1 Å². The molecule has 1 aromatic carbocycles. The molecule has 0 aliphatic heterocycles. The first-order valence-corrected chi connectivity index (χ1v) is 7.59. The Labute approximate surface area is 121 Å². The van der Waals surface area contributed by atoms with Crippen LogP contribution in [-0.2, 0) is 7.05 Å². The number of imidazole rings is 1. The van der Waals surface area contributed by atoms with Crippen LogP contribution in [0.3, 0.4) is 0 Å². The molecule has 1 fully saturated rings. The van der Waals surface area contributed by atoms with E-state index in [1.54, 1.807) is 0 Å². The minimum atomic E-state index is 0.306. The summed E-state index contributed by atoms with van der Waals surface area (Å²) in [4.78, 5) is 4.63. The largest absolute Gasteiger partial charge is 0.330 e. The number of benzene rings is 1. The molecule has 1 aliphatic carbocycles. The SMILES string of the molecule is CC(NC1CCCC1)c1ncc(-c2ccccc2)n1C. The van der Waals surface area contributed by atoms with Crippen molar-refractivity contribution in [2.45, 2.75) is 44.7 Å². The maximum atomic E-state index is 4.63. The topological polar surface area (TPSA) is 29.9 Å². The van der Waals surface area contributed by atoms with Gasteiger partial charge >= 0.3 is 0 Å². The highest BCUT2D eigenvalue weighted by atomic mass is 15.1. The molecule has 3 rings (SSSR count). The molecule has 0 amide bonds. The molecule has 0 radical (unpaired) electrons. The molecule has 1 heterocycles. The van der Waals surface area contributed by atoms with Crippen LogP contribution < -0.4 is 5.32 Å². The van der Waals surface area contributed by atoms with E-state index in [0.29, 0.717) is 12.1 Å². The van der Waals surface area contributed by atoms with Crippen molar-refractivity contribution in [1.29, 1.82) is 0 Å². The second kappa shape index (κ2) is 5.80. The third-order valence-electron chi connectivity index (χ3n) is 4.32. The smallest absolute Gasteiger partial charge is 0.125 e. The van der Waals surface area contributed by atoms with E-state index in [4.69, 9.17) is 0 Å². The summed E-state index contributed by atoms with van der Waals surface area (Å²) < 4.78 is 2.21. The van der Waals surface area contributed by atoms with Gasteiger partial charge in [-0.3, -0.25) is 0 Å². The fourth-order valence-corrected chi connectivity index (χ4v) is 3.22. The first-order chi connectivity index (χ1) is 9.75. The summed E-state index contributed by atoms with van der Waals surface area (Å²) in [6, 6.07) is 11.4. The predicted octanol–water partition coefficient (Wildman–Crippen LogP) is 3.68. The van der Waals surface area contributed by atoms with E-state index in [9.17, 15) is 0 Å². The van der Waals surface area contributed by atoms with Crippen LogP contribution in [0, 0.1) is 0 Å². The van der Waals surface area contributed by atoms with Crippen molar-refractivity contribution in [3.8, 4) is 11.3 Å². The van der Waals surface area contributed by atoms with E-state index >= 15 is 0 Å². The molecule has 3 nitrogen and oxygen atoms in total. The normalized spacial score (nSPS) is 17.5. The minimum absolute atomic E-state index is 0.306. The lowest BCUT2D eigenvalue weighted by Crippen LogP contribution is -2.30. The maximum absolute atomic E-state index is 4.63. The number of hydrogen-bond acceptors (Lipinski definition) is 2. The second-order valence-electron chi connectivity index (χ2n) is 5.80. The molecule has 2 aromatic rings. The Morgan fingerprint density at radius 1 is 1.20 bits per heavy atom. The van der Waals surface area contributed by atoms with Gasteiger partial charge in [-0.15, -0.1) is 0 Å². The summed E-state index contributed by atoms with van der Waals surface area (Å²) in [5.41, 5.74) is 2.41. The van der Waals surface area contributed by atoms with Crippen LogP contribution in [0.25, 0.3) is 11.3 Å². The molecule has 20 heavy (non-hydrogen) atoms. The number of nitrogens with one attached hydrogen (secondary N) is 1. The van der Waals surface area contributed by atoms with E-state index < -0.39 is 0 Å². The molecule has 1 unspecified atom stereocenters. The fourth-order valence-electron chi connectivity index (χ4n) is 3.22. The predicted molar refractivity (Wildman–Crippen MR) is 82.5 cm³/mol. The van der Waals surface area contributed by atoms with Crippen LogP contribution in [-0.4, -0.2) is 15.6 Å². The van der Waals surface area contributed by atoms with Crippen LogP contribution in [0.15, 0.2) is 36.5 Å². The third kappa shape index (κ3) is 2.63. The molecular formula is C17H23N3. The van der Waals surface area contributed by atoms with Crippen molar-refractivity contribution < 1.29 is 0 Å². The van der Waals surface area contributed by atoms with Gasteiger partial charge in [0.25, 0.3) is 0 Å². The van der Waals surface area contributed by atoms with Gasteiger partial charge in [0.2, 0.25) is 0 Å². The molecule has 1 N–H and O–H groups in total. The van der Waals surface area contributed by atoms with E-state index in [0.717, 1.165) is 5.82 Å². The van der Waals surface area contributed by atoms with Gasteiger partial charge in [-0.2, -0.15) is 0 Å². The van der Waals surface area contributed by atoms with Gasteiger partial charge in [-0.25, -0.2) is 4.98 Å². The Bertz CT molecular complexity index is 553. The van der Waals surface area contributed by atoms with Crippen molar-refractivity contribution in [1.82, 2.24) is 14.9 Å². The molecule has 1 aliphatic rings. The lowest BCUT2D eigenvalue weighted by molar-refractivity contribution is 0.440. The Hall–Kier alpha value is -1.61. The van der Waals surface area contributed by atoms with E-state index in [-0.39, 0.29) is 0 Å². The van der Waals surface area contributed by atoms with Gasteiger partial charge in [0.1, 0.15) is 5.82 Å². The van der Waals surface area contributed by atoms with Crippen molar-refractivity contribution >= 4 is 0 Å². The van der Waals surface area contributed by atoms with E-state index in [1.165, 1.54) is 36.9 Å². The summed E-state index contributed by atoms with van der Waals surface area (Å²) in [5, 5.41) is 3.72. The summed E-state index contributed by atoms with van der Waals surface area (Å²) in [5.74, 6) is 1.12. The highest BCUT2D eigenvalue weighted by Gasteiger charge is 2.20. The highest BCUT2D eigenvalue weighted by Crippen LogP contribution is 2.24. The van der Waals surface area contributed by atoms with Crippen LogP contribution >= 0.6 is 0 Å². The van der Waals surface area contributed by atoms with Crippen molar-refractivity contribution in [3.05, 3.63) is 42.4 Å². The summed E-state index contributed by atoms with van der Waals surface area (Å²) in [6.07, 6.45) is 7.32. The maximum Gasteiger partial charge on any atom is 0.125 e. The average molecular weight is 269 g/mol. The fraction of sp³-hybridized carbons (Fsp3) is 0.471. The van der Waals surface area contributed by atoms with Gasteiger partial charge in [0.05, 0.1) is 17.9 Å². The number of aromatic nitrogens is 2. The van der Waals surface area contributed by atoms with E-state index in [1.807, 2.05) is 12.3 Å². The minimum Gasteiger partial charge on any atom is -0.330 e. The highest BCUT2D eigenvalue weighted by molar-refractivity contribution is 5.59. The average Bonchev–Trinajstić information content (AvgIpc) is 3.09. The summed E-state index contributed by atoms with van der Waals surface area (Å²) in [6.45, 7) is 2.22. The lowest BCUT2D eigenvalue weighted by Gasteiger charge is -2.19. The Morgan fingerprint density at radius 2 is 1.90 bits per heavy atom. The van der Waals surface area contributed by atoms with Crippen molar-refractivity contribution in [2.75, 3.05) is 0 Å². The van der Waals surface area contributed by atoms with Gasteiger partial charge in [-0.05, 0) is 25.3 Å². The zero-order valence-electron chi connectivity index (χ0n) is 12.3. The molecule has 106 valence electrons. The van der Waals surface area contributed by atoms with Crippen molar-refractivity contribution in [2.24, 2.45) is 7.05 Å². The first-order valence-electron chi connectivity index (χ1n) is 7.59. The molecule has 3 heteroatoms. The van der Waals surface area contributed by atoms with Gasteiger partial charge in [-0.1, -0.05) is 43.2 Å². The first kappa shape index (κ1) is 13.4. The molecule has 1 aromatic heterocycles. The molecule has 0 saturated heterocycles. The quantitative estimate of drug-likeness (QED) is 0.917. The Balaban J connectivity index is 1.79. The van der Waals surface area contributed by atoms with Gasteiger partial charge in [0.15, 0.2) is 0 Å². The zero-order valence-corrected chi connectivity index (χ0v) is 12.3. The standard InChI is InChI=1S/C17H23N3/c1-13(19-15-10-6-7-11-15)17-18-12-16(20(17)2)14-8-4-3-5-9-14/h3-5,8-9,12-13,15,19H,6-7,10-11H2,1-2H3. The monoisotopic (exact) mass is 269 g/mol. The van der Waals surface area contributed by atoms with Gasteiger partial charge < -0.3 is 9.88 Å². The second-order valence-corrected chi connectivity index (χ2v) is 5.80. The Kier molecular flexibility index (Phi) is 3.88. The zero-order chi connectivity index (χ0) is 13.9. The molecule has 0 spiro atoms. The van der Waals surface area contributed by atoms with Crippen molar-refractivity contribution in [3.63, 3.8) is 0 Å². The number of rotatable bonds is 4. The number of hydrogen-bond donors (Lipinski definition) is 1. The van der Waals surface area contributed by atoms with Crippen LogP contribution in [0.4, 0.5) is 0 Å².